The summed E-state index contributed by atoms with van der Waals surface area (Å²) in [5.41, 5.74) is -5.28. The van der Waals surface area contributed by atoms with E-state index in [4.69, 9.17) is 9.47 Å². The lowest BCUT2D eigenvalue weighted by Gasteiger charge is -2.67. The van der Waals surface area contributed by atoms with Gasteiger partial charge in [-0.2, -0.15) is 0 Å². The Morgan fingerprint density at radius 3 is 2.44 bits per heavy atom. The maximum atomic E-state index is 13.4. The number of ether oxygens (including phenoxy) is 2. The second-order valence-corrected chi connectivity index (χ2v) is 13.6. The number of rotatable bonds is 6. The van der Waals surface area contributed by atoms with E-state index in [9.17, 15) is 30.0 Å². The van der Waals surface area contributed by atoms with Gasteiger partial charge in [0.05, 0.1) is 11.5 Å². The van der Waals surface area contributed by atoms with Gasteiger partial charge in [0.1, 0.15) is 29.0 Å². The lowest BCUT2D eigenvalue weighted by molar-refractivity contribution is -0.326. The monoisotopic (exact) mass is 594 g/mol. The summed E-state index contributed by atoms with van der Waals surface area (Å²) in [6.45, 7) is 8.65. The van der Waals surface area contributed by atoms with E-state index < -0.39 is 63.8 Å². The molecule has 3 saturated carbocycles. The number of esters is 2. The molecule has 4 N–H and O–H groups in total. The Morgan fingerprint density at radius 2 is 1.77 bits per heavy atom. The minimum Gasteiger partial charge on any atom is -0.458 e. The van der Waals surface area contributed by atoms with Crippen LogP contribution in [0.4, 0.5) is 0 Å². The second kappa shape index (κ2) is 11.0. The van der Waals surface area contributed by atoms with Crippen molar-refractivity contribution in [1.29, 1.82) is 0 Å². The summed E-state index contributed by atoms with van der Waals surface area (Å²) >= 11 is 0. The lowest BCUT2D eigenvalue weighted by Crippen LogP contribution is -2.78. The molecule has 0 saturated heterocycles. The Morgan fingerprint density at radius 1 is 1.07 bits per heavy atom. The molecule has 8 nitrogen and oxygen atoms in total. The van der Waals surface area contributed by atoms with Crippen LogP contribution in [-0.2, 0) is 19.1 Å². The lowest BCUT2D eigenvalue weighted by atomic mass is 9.42. The van der Waals surface area contributed by atoms with Crippen LogP contribution in [0.25, 0.3) is 6.08 Å². The maximum Gasteiger partial charge on any atom is 0.333 e. The second-order valence-electron chi connectivity index (χ2n) is 13.6. The van der Waals surface area contributed by atoms with Crippen molar-refractivity contribution in [2.75, 3.05) is 0 Å². The van der Waals surface area contributed by atoms with Crippen LogP contribution in [0.5, 0.6) is 0 Å². The van der Waals surface area contributed by atoms with Crippen molar-refractivity contribution >= 4 is 18.0 Å². The van der Waals surface area contributed by atoms with Gasteiger partial charge in [0.25, 0.3) is 0 Å². The van der Waals surface area contributed by atoms with E-state index in [-0.39, 0.29) is 25.7 Å². The third kappa shape index (κ3) is 4.64. The molecule has 43 heavy (non-hydrogen) atoms. The smallest absolute Gasteiger partial charge is 0.333 e. The topological polar surface area (TPSA) is 134 Å². The molecule has 0 spiro atoms. The van der Waals surface area contributed by atoms with E-state index in [0.29, 0.717) is 24.8 Å². The zero-order valence-corrected chi connectivity index (χ0v) is 25.9. The highest BCUT2D eigenvalue weighted by Crippen LogP contribution is 2.71. The first kappa shape index (κ1) is 31.6. The molecule has 3 fully saturated rings. The third-order valence-corrected chi connectivity index (χ3v) is 11.8. The van der Waals surface area contributed by atoms with E-state index in [1.54, 1.807) is 39.8 Å². The number of benzene rings is 1. The molecule has 0 aromatic heterocycles. The molecule has 0 radical (unpaired) electrons. The number of hydrogen-bond acceptors (Lipinski definition) is 8. The molecule has 0 heterocycles. The molecule has 234 valence electrons. The first-order valence-electron chi connectivity index (χ1n) is 15.5. The quantitative estimate of drug-likeness (QED) is 0.216. The van der Waals surface area contributed by atoms with Gasteiger partial charge in [-0.15, -0.1) is 0 Å². The summed E-state index contributed by atoms with van der Waals surface area (Å²) in [6, 6.07) is 9.32. The van der Waals surface area contributed by atoms with E-state index in [1.807, 2.05) is 36.4 Å². The highest BCUT2D eigenvalue weighted by molar-refractivity contribution is 5.88. The highest BCUT2D eigenvalue weighted by atomic mass is 16.6. The third-order valence-electron chi connectivity index (χ3n) is 11.8. The molecule has 1 aromatic rings. The highest BCUT2D eigenvalue weighted by Gasteiger charge is 2.81. The predicted molar refractivity (Wildman–Crippen MR) is 161 cm³/mol. The average molecular weight is 595 g/mol. The van der Waals surface area contributed by atoms with Gasteiger partial charge < -0.3 is 29.9 Å². The Labute approximate surface area is 254 Å². The van der Waals surface area contributed by atoms with Crippen LogP contribution in [0.2, 0.25) is 0 Å². The van der Waals surface area contributed by atoms with E-state index >= 15 is 0 Å². The normalized spacial score (nSPS) is 41.5. The Bertz CT molecular complexity index is 1350. The molecule has 0 aliphatic heterocycles. The van der Waals surface area contributed by atoms with Gasteiger partial charge in [0, 0.05) is 17.6 Å². The van der Waals surface area contributed by atoms with Crippen LogP contribution < -0.4 is 0 Å². The summed E-state index contributed by atoms with van der Waals surface area (Å²) in [6.07, 6.45) is 6.00. The van der Waals surface area contributed by atoms with Crippen molar-refractivity contribution < 1.29 is 39.5 Å². The van der Waals surface area contributed by atoms with Gasteiger partial charge >= 0.3 is 11.9 Å². The minimum atomic E-state index is -1.89. The molecule has 4 aliphatic rings. The zero-order chi connectivity index (χ0) is 31.4. The van der Waals surface area contributed by atoms with Crippen molar-refractivity contribution in [3.05, 3.63) is 65.3 Å². The van der Waals surface area contributed by atoms with Crippen molar-refractivity contribution in [1.82, 2.24) is 0 Å². The average Bonchev–Trinajstić information content (AvgIpc) is 3.22. The summed E-state index contributed by atoms with van der Waals surface area (Å²) in [7, 11) is 0. The molecule has 0 bridgehead atoms. The zero-order valence-electron chi connectivity index (χ0n) is 25.9. The Kier molecular flexibility index (Phi) is 8.08. The predicted octanol–water partition coefficient (Wildman–Crippen LogP) is 4.40. The van der Waals surface area contributed by atoms with Crippen LogP contribution in [0, 0.1) is 16.7 Å². The SMILES string of the molecule is C/C=C(\C)C(=O)O[C@@H](C)[C@]1(O)CC[C@@]2(O)[C@]1(C)[C@H](OC(=O)/C=C/c1ccccc1)C[C@@H]1[C@@]3(C)CC[C@H](O)CC3=CC[C@]12O. The number of carbonyl (C=O) groups is 2. The van der Waals surface area contributed by atoms with Crippen molar-refractivity contribution in [3.63, 3.8) is 0 Å². The number of carbonyl (C=O) groups excluding carboxylic acids is 2. The first-order chi connectivity index (χ1) is 20.2. The molecule has 5 rings (SSSR count). The fourth-order valence-electron chi connectivity index (χ4n) is 8.87. The maximum absolute atomic E-state index is 13.4. The van der Waals surface area contributed by atoms with Crippen LogP contribution >= 0.6 is 0 Å². The molecule has 0 amide bonds. The standard InChI is InChI=1S/C35H46O8/c1-6-22(2)30(38)42-23(3)33(39)18-19-35(41)32(33,5)28(43-29(37)13-12-24-10-8-7-9-11-24)21-27-31(4)16-15-26(36)20-25(31)14-17-34(27,35)40/h6-14,23,26-28,36,39-41H,15-21H2,1-5H3/b13-12+,22-6+/t23-,26-,27+,28+,31-,32+,33+,34-,35+/m0/s1. The number of aliphatic hydroxyl groups is 4. The van der Waals surface area contributed by atoms with Crippen molar-refractivity contribution in [3.8, 4) is 0 Å². The van der Waals surface area contributed by atoms with Crippen LogP contribution in [0.15, 0.2) is 59.7 Å². The number of hydrogen-bond donors (Lipinski definition) is 4. The number of fused-ring (bicyclic) bond motifs is 5. The van der Waals surface area contributed by atoms with Crippen LogP contribution in [0.1, 0.15) is 85.1 Å². The van der Waals surface area contributed by atoms with E-state index in [1.165, 1.54) is 6.08 Å². The van der Waals surface area contributed by atoms with Gasteiger partial charge in [0.15, 0.2) is 0 Å². The summed E-state index contributed by atoms with van der Waals surface area (Å²) in [4.78, 5) is 26.2. The molecule has 9 atom stereocenters. The van der Waals surface area contributed by atoms with Gasteiger partial charge in [0.2, 0.25) is 0 Å². The Hall–Kier alpha value is -2.78. The summed E-state index contributed by atoms with van der Waals surface area (Å²) in [5.74, 6) is -1.73. The fraction of sp³-hybridized carbons (Fsp3) is 0.600. The Balaban J connectivity index is 1.58. The number of allylic oxidation sites excluding steroid dienone is 1. The molecular formula is C35H46O8. The minimum absolute atomic E-state index is 0.0211. The molecule has 4 aliphatic carbocycles. The molecule has 1 aromatic carbocycles. The first-order valence-corrected chi connectivity index (χ1v) is 15.5. The van der Waals surface area contributed by atoms with Crippen molar-refractivity contribution in [2.24, 2.45) is 16.7 Å². The number of aliphatic hydroxyl groups excluding tert-OH is 1. The van der Waals surface area contributed by atoms with Gasteiger partial charge in [-0.3, -0.25) is 0 Å². The molecular weight excluding hydrogens is 548 g/mol. The van der Waals surface area contributed by atoms with E-state index in [0.717, 1.165) is 11.1 Å². The molecule has 0 unspecified atom stereocenters. The van der Waals surface area contributed by atoms with Gasteiger partial charge in [-0.05, 0) is 82.8 Å². The van der Waals surface area contributed by atoms with E-state index in [2.05, 4.69) is 6.92 Å². The van der Waals surface area contributed by atoms with Gasteiger partial charge in [-0.1, -0.05) is 61.9 Å². The largest absolute Gasteiger partial charge is 0.458 e. The van der Waals surface area contributed by atoms with Crippen molar-refractivity contribution in [2.45, 2.75) is 115 Å². The van der Waals surface area contributed by atoms with Crippen LogP contribution in [-0.4, -0.2) is 67.5 Å². The van der Waals surface area contributed by atoms with Crippen LogP contribution in [0.3, 0.4) is 0 Å². The molecule has 8 heteroatoms. The van der Waals surface area contributed by atoms with Gasteiger partial charge in [-0.25, -0.2) is 9.59 Å². The summed E-state index contributed by atoms with van der Waals surface area (Å²) < 4.78 is 11.9. The summed E-state index contributed by atoms with van der Waals surface area (Å²) in [5, 5.41) is 48.4. The fourth-order valence-corrected chi connectivity index (χ4v) is 8.87.